The molecule has 2 amide bonds. The minimum absolute atomic E-state index is 0.0867. The summed E-state index contributed by atoms with van der Waals surface area (Å²) in [5.41, 5.74) is 4.36. The van der Waals surface area contributed by atoms with Gasteiger partial charge in [-0.2, -0.15) is 0 Å². The van der Waals surface area contributed by atoms with E-state index in [1.54, 1.807) is 18.2 Å². The Kier molecular flexibility index (Phi) is 6.61. The fourth-order valence-electron chi connectivity index (χ4n) is 3.50. The van der Waals surface area contributed by atoms with Crippen LogP contribution in [-0.2, 0) is 16.0 Å². The summed E-state index contributed by atoms with van der Waals surface area (Å²) >= 11 is 0. The molecule has 0 bridgehead atoms. The van der Waals surface area contributed by atoms with Gasteiger partial charge in [-0.15, -0.1) is 0 Å². The maximum absolute atomic E-state index is 12.2. The van der Waals surface area contributed by atoms with E-state index in [0.29, 0.717) is 29.6 Å². The highest BCUT2D eigenvalue weighted by molar-refractivity contribution is 5.95. The molecule has 0 aliphatic rings. The number of hydrogen-bond acceptors (Lipinski definition) is 4. The first kappa shape index (κ1) is 21.2. The minimum atomic E-state index is -0.265. The molecule has 0 fully saturated rings. The van der Waals surface area contributed by atoms with E-state index in [2.05, 4.69) is 20.6 Å². The van der Waals surface area contributed by atoms with E-state index in [9.17, 15) is 14.4 Å². The number of carbonyl (C=O) groups is 2. The number of fused-ring (bicyclic) bond motifs is 1. The summed E-state index contributed by atoms with van der Waals surface area (Å²) < 4.78 is 0. The average Bonchev–Trinajstić information content (AvgIpc) is 2.69. The zero-order valence-electron chi connectivity index (χ0n) is 17.5. The molecule has 0 saturated carbocycles. The monoisotopic (exact) mass is 406 g/mol. The highest BCUT2D eigenvalue weighted by Gasteiger charge is 2.10. The number of aryl methyl sites for hydroxylation is 4. The van der Waals surface area contributed by atoms with Gasteiger partial charge in [0.1, 0.15) is 5.82 Å². The van der Waals surface area contributed by atoms with Crippen molar-refractivity contribution in [3.8, 4) is 0 Å². The molecule has 3 N–H and O–H groups in total. The second kappa shape index (κ2) is 9.35. The van der Waals surface area contributed by atoms with Crippen LogP contribution in [0, 0.1) is 20.8 Å². The number of aromatic amines is 1. The number of carbonyl (C=O) groups excluding carboxylic acids is 2. The molecule has 0 radical (unpaired) electrons. The summed E-state index contributed by atoms with van der Waals surface area (Å²) in [4.78, 5) is 43.5. The highest BCUT2D eigenvalue weighted by Crippen LogP contribution is 2.21. The van der Waals surface area contributed by atoms with Gasteiger partial charge in [0, 0.05) is 18.5 Å². The van der Waals surface area contributed by atoms with Crippen molar-refractivity contribution in [2.75, 3.05) is 11.9 Å². The molecule has 1 heterocycles. The van der Waals surface area contributed by atoms with Crippen LogP contribution in [0.3, 0.4) is 0 Å². The summed E-state index contributed by atoms with van der Waals surface area (Å²) in [5, 5.41) is 6.05. The number of aromatic nitrogens is 2. The third-order valence-corrected chi connectivity index (χ3v) is 4.87. The van der Waals surface area contributed by atoms with E-state index in [1.807, 2.05) is 39.0 Å². The van der Waals surface area contributed by atoms with E-state index in [1.165, 1.54) is 0 Å². The van der Waals surface area contributed by atoms with Crippen molar-refractivity contribution in [2.24, 2.45) is 0 Å². The Hall–Kier alpha value is -3.48. The molecule has 7 heteroatoms. The molecule has 0 atom stereocenters. The molecule has 30 heavy (non-hydrogen) atoms. The standard InChI is InChI=1S/C23H26N4O3/c1-14-11-15(2)22(16(3)12-14)27-21(29)13-24-20(28)10-6-9-19-25-18-8-5-4-7-17(18)23(30)26-19/h4-5,7-8,11-12H,6,9-10,13H2,1-3H3,(H,24,28)(H,27,29)(H,25,26,30). The van der Waals surface area contributed by atoms with Crippen LogP contribution in [0.4, 0.5) is 5.69 Å². The van der Waals surface area contributed by atoms with Crippen molar-refractivity contribution in [1.82, 2.24) is 15.3 Å². The smallest absolute Gasteiger partial charge is 0.258 e. The molecule has 0 saturated heterocycles. The van der Waals surface area contributed by atoms with Gasteiger partial charge in [-0.3, -0.25) is 14.4 Å². The van der Waals surface area contributed by atoms with E-state index in [-0.39, 0.29) is 30.3 Å². The Morgan fingerprint density at radius 2 is 1.73 bits per heavy atom. The number of hydrogen-bond donors (Lipinski definition) is 3. The molecule has 0 aliphatic heterocycles. The molecule has 0 unspecified atom stereocenters. The number of anilines is 1. The lowest BCUT2D eigenvalue weighted by molar-refractivity contribution is -0.124. The second-order valence-corrected chi connectivity index (χ2v) is 7.48. The zero-order chi connectivity index (χ0) is 21.7. The van der Waals surface area contributed by atoms with Gasteiger partial charge in [0.2, 0.25) is 11.8 Å². The van der Waals surface area contributed by atoms with Crippen LogP contribution in [0.1, 0.15) is 35.4 Å². The Bertz CT molecular complexity index is 1130. The van der Waals surface area contributed by atoms with Crippen LogP contribution >= 0.6 is 0 Å². The number of benzene rings is 2. The number of rotatable bonds is 7. The van der Waals surface area contributed by atoms with Crippen molar-refractivity contribution >= 4 is 28.4 Å². The van der Waals surface area contributed by atoms with E-state index < -0.39 is 0 Å². The summed E-state index contributed by atoms with van der Waals surface area (Å²) in [6.07, 6.45) is 1.23. The van der Waals surface area contributed by atoms with Crippen LogP contribution in [0.25, 0.3) is 10.9 Å². The van der Waals surface area contributed by atoms with Gasteiger partial charge in [0.15, 0.2) is 0 Å². The van der Waals surface area contributed by atoms with Gasteiger partial charge in [-0.05, 0) is 50.5 Å². The molecular weight excluding hydrogens is 380 g/mol. The van der Waals surface area contributed by atoms with Crippen molar-refractivity contribution in [1.29, 1.82) is 0 Å². The lowest BCUT2D eigenvalue weighted by atomic mass is 10.1. The van der Waals surface area contributed by atoms with Crippen LogP contribution < -0.4 is 16.2 Å². The lowest BCUT2D eigenvalue weighted by Crippen LogP contribution is -2.33. The predicted octanol–water partition coefficient (Wildman–Crippen LogP) is 2.93. The SMILES string of the molecule is Cc1cc(C)c(NC(=O)CNC(=O)CCCc2nc3ccccc3c(=O)[nH]2)c(C)c1. The van der Waals surface area contributed by atoms with Crippen molar-refractivity contribution in [3.63, 3.8) is 0 Å². The fourth-order valence-corrected chi connectivity index (χ4v) is 3.50. The second-order valence-electron chi connectivity index (χ2n) is 7.48. The van der Waals surface area contributed by atoms with Crippen LogP contribution in [0.5, 0.6) is 0 Å². The summed E-state index contributed by atoms with van der Waals surface area (Å²) in [7, 11) is 0. The maximum Gasteiger partial charge on any atom is 0.258 e. The molecule has 7 nitrogen and oxygen atoms in total. The molecular formula is C23H26N4O3. The van der Waals surface area contributed by atoms with Crippen LogP contribution in [0.2, 0.25) is 0 Å². The quantitative estimate of drug-likeness (QED) is 0.561. The molecule has 3 aromatic rings. The third kappa shape index (κ3) is 5.31. The summed E-state index contributed by atoms with van der Waals surface area (Å²) in [5.74, 6) is 0.0686. The van der Waals surface area contributed by atoms with E-state index in [0.717, 1.165) is 22.4 Å². The zero-order valence-corrected chi connectivity index (χ0v) is 17.5. The van der Waals surface area contributed by atoms with E-state index in [4.69, 9.17) is 0 Å². The van der Waals surface area contributed by atoms with Crippen molar-refractivity contribution in [3.05, 3.63) is 69.3 Å². The topological polar surface area (TPSA) is 104 Å². The van der Waals surface area contributed by atoms with Crippen molar-refractivity contribution in [2.45, 2.75) is 40.0 Å². The summed E-state index contributed by atoms with van der Waals surface area (Å²) in [6, 6.07) is 11.1. The largest absolute Gasteiger partial charge is 0.347 e. The Balaban J connectivity index is 1.46. The third-order valence-electron chi connectivity index (χ3n) is 4.87. The minimum Gasteiger partial charge on any atom is -0.347 e. The number of amides is 2. The van der Waals surface area contributed by atoms with E-state index >= 15 is 0 Å². The first-order chi connectivity index (χ1) is 14.3. The Labute approximate surface area is 174 Å². The van der Waals surface area contributed by atoms with Crippen LogP contribution in [-0.4, -0.2) is 28.3 Å². The first-order valence-corrected chi connectivity index (χ1v) is 9.96. The number of H-pyrrole nitrogens is 1. The lowest BCUT2D eigenvalue weighted by Gasteiger charge is -2.13. The molecule has 3 rings (SSSR count). The van der Waals surface area contributed by atoms with Gasteiger partial charge < -0.3 is 15.6 Å². The summed E-state index contributed by atoms with van der Waals surface area (Å²) in [6.45, 7) is 5.81. The molecule has 0 aliphatic carbocycles. The fraction of sp³-hybridized carbons (Fsp3) is 0.304. The van der Waals surface area contributed by atoms with Gasteiger partial charge >= 0.3 is 0 Å². The molecule has 1 aromatic heterocycles. The van der Waals surface area contributed by atoms with Gasteiger partial charge in [-0.1, -0.05) is 29.8 Å². The Morgan fingerprint density at radius 1 is 1.03 bits per heavy atom. The van der Waals surface area contributed by atoms with Gasteiger partial charge in [0.25, 0.3) is 5.56 Å². The number of nitrogens with zero attached hydrogens (tertiary/aromatic N) is 1. The number of nitrogens with one attached hydrogen (secondary N) is 3. The average molecular weight is 406 g/mol. The van der Waals surface area contributed by atoms with Crippen LogP contribution in [0.15, 0.2) is 41.2 Å². The molecule has 2 aromatic carbocycles. The molecule has 0 spiro atoms. The van der Waals surface area contributed by atoms with Gasteiger partial charge in [0.05, 0.1) is 17.4 Å². The number of para-hydroxylation sites is 1. The highest BCUT2D eigenvalue weighted by atomic mass is 16.2. The van der Waals surface area contributed by atoms with Gasteiger partial charge in [-0.25, -0.2) is 4.98 Å². The normalized spacial score (nSPS) is 10.8. The predicted molar refractivity (Wildman–Crippen MR) is 118 cm³/mol. The Morgan fingerprint density at radius 3 is 2.47 bits per heavy atom. The molecule has 156 valence electrons. The van der Waals surface area contributed by atoms with Crippen molar-refractivity contribution < 1.29 is 9.59 Å². The maximum atomic E-state index is 12.2. The first-order valence-electron chi connectivity index (χ1n) is 9.96.